The van der Waals surface area contributed by atoms with Crippen LogP contribution in [-0.2, 0) is 52.7 Å². The van der Waals surface area contributed by atoms with Gasteiger partial charge in [-0.1, -0.05) is 18.2 Å². The monoisotopic (exact) mass is 528 g/mol. The second-order valence-corrected chi connectivity index (χ2v) is 12.1. The second-order valence-electron chi connectivity index (χ2n) is 10.2. The van der Waals surface area contributed by atoms with Gasteiger partial charge in [0.25, 0.3) is 0 Å². The Labute approximate surface area is 218 Å². The molecule has 0 saturated heterocycles. The number of aryl methyl sites for hydroxylation is 3. The number of carbonyl (C=O) groups is 1. The van der Waals surface area contributed by atoms with Gasteiger partial charge in [0.1, 0.15) is 4.90 Å². The number of benzene rings is 1. The number of rotatable bonds is 9. The average molecular weight is 529 g/mol. The topological polar surface area (TPSA) is 107 Å². The third-order valence-electron chi connectivity index (χ3n) is 7.39. The van der Waals surface area contributed by atoms with Crippen LogP contribution in [0.4, 0.5) is 0 Å². The summed E-state index contributed by atoms with van der Waals surface area (Å²) in [4.78, 5) is 16.5. The fourth-order valence-electron chi connectivity index (χ4n) is 4.82. The third kappa shape index (κ3) is 5.23. The molecule has 0 fully saturated rings. The van der Waals surface area contributed by atoms with Crippen LogP contribution in [0, 0.1) is 12.3 Å². The molecule has 0 saturated carbocycles. The molecular formula is C27H36N4O5S. The van der Waals surface area contributed by atoms with Crippen LogP contribution >= 0.6 is 0 Å². The van der Waals surface area contributed by atoms with E-state index in [1.54, 1.807) is 26.1 Å². The van der Waals surface area contributed by atoms with Crippen LogP contribution in [0.2, 0.25) is 0 Å². The molecule has 0 amide bonds. The maximum absolute atomic E-state index is 13.5. The number of carboxylic acid groups (broad SMARTS) is 1. The summed E-state index contributed by atoms with van der Waals surface area (Å²) >= 11 is 0. The minimum Gasteiger partial charge on any atom is -0.481 e. The van der Waals surface area contributed by atoms with Crippen LogP contribution in [-0.4, -0.2) is 44.7 Å². The molecule has 0 radical (unpaired) electrons. The second kappa shape index (κ2) is 10.4. The fraction of sp³-hybridized carbons (Fsp3) is 0.481. The van der Waals surface area contributed by atoms with E-state index in [1.165, 1.54) is 10.5 Å². The van der Waals surface area contributed by atoms with Gasteiger partial charge in [0, 0.05) is 45.3 Å². The zero-order valence-electron chi connectivity index (χ0n) is 22.1. The van der Waals surface area contributed by atoms with Crippen molar-refractivity contribution in [3.05, 3.63) is 70.8 Å². The summed E-state index contributed by atoms with van der Waals surface area (Å²) in [6.07, 6.45) is 5.69. The minimum absolute atomic E-state index is 0.190. The summed E-state index contributed by atoms with van der Waals surface area (Å²) in [5.41, 5.74) is 3.00. The molecule has 3 heterocycles. The number of hydrogen-bond donors (Lipinski definition) is 1. The molecule has 4 rings (SSSR count). The van der Waals surface area contributed by atoms with Gasteiger partial charge in [-0.05, 0) is 68.9 Å². The van der Waals surface area contributed by atoms with E-state index >= 15 is 0 Å². The summed E-state index contributed by atoms with van der Waals surface area (Å²) in [6.45, 7) is 8.98. The quantitative estimate of drug-likeness (QED) is 0.449. The van der Waals surface area contributed by atoms with E-state index in [4.69, 9.17) is 4.74 Å². The summed E-state index contributed by atoms with van der Waals surface area (Å²) < 4.78 is 38.7. The number of nitrogens with zero attached hydrogens (tertiary/aromatic N) is 4. The Morgan fingerprint density at radius 3 is 2.70 bits per heavy atom. The molecule has 2 aromatic heterocycles. The van der Waals surface area contributed by atoms with Crippen LogP contribution in [0.25, 0.3) is 0 Å². The number of ether oxygens (including phenoxy) is 1. The number of pyridine rings is 1. The molecule has 1 aromatic carbocycles. The van der Waals surface area contributed by atoms with Gasteiger partial charge in [0.05, 0.1) is 23.8 Å². The third-order valence-corrected chi connectivity index (χ3v) is 9.31. The van der Waals surface area contributed by atoms with Crippen molar-refractivity contribution in [2.24, 2.45) is 12.5 Å². The molecule has 0 aliphatic carbocycles. The number of carboxylic acids is 1. The van der Waals surface area contributed by atoms with E-state index in [1.807, 2.05) is 47.7 Å². The standard InChI is InChI=1S/C27H36N4O5S/c1-6-30-17-23(29(30)5)18-36-25(27(3,4)26(32)33)21-10-9-19(2)22(14-21)16-31-13-7-8-20-11-12-28-15-24(20)37(31,34)35/h9-12,14-15,17,25H,6-8,13,16,18H2,1-5H3,(H,32,33)/t25-/m1/s1. The van der Waals surface area contributed by atoms with Gasteiger partial charge in [-0.3, -0.25) is 19.1 Å². The molecule has 0 unspecified atom stereocenters. The van der Waals surface area contributed by atoms with Crippen LogP contribution < -0.4 is 0 Å². The van der Waals surface area contributed by atoms with Crippen molar-refractivity contribution >= 4 is 16.0 Å². The Kier molecular flexibility index (Phi) is 7.64. The van der Waals surface area contributed by atoms with Crippen molar-refractivity contribution in [2.75, 3.05) is 6.54 Å². The predicted octanol–water partition coefficient (Wildman–Crippen LogP) is 4.06. The largest absolute Gasteiger partial charge is 0.481 e. The molecule has 1 aliphatic heterocycles. The Hall–Kier alpha value is -2.95. The molecule has 1 aliphatic rings. The van der Waals surface area contributed by atoms with Gasteiger partial charge >= 0.3 is 5.97 Å². The highest BCUT2D eigenvalue weighted by molar-refractivity contribution is 7.89. The minimum atomic E-state index is -3.71. The maximum atomic E-state index is 13.5. The lowest BCUT2D eigenvalue weighted by Crippen LogP contribution is -2.34. The van der Waals surface area contributed by atoms with Crippen molar-refractivity contribution in [2.45, 2.75) is 71.2 Å². The number of fused-ring (bicyclic) bond motifs is 1. The van der Waals surface area contributed by atoms with Crippen LogP contribution in [0.15, 0.2) is 47.8 Å². The lowest BCUT2D eigenvalue weighted by molar-refractivity contribution is -0.158. The first kappa shape index (κ1) is 27.1. The van der Waals surface area contributed by atoms with Crippen LogP contribution in [0.1, 0.15) is 61.2 Å². The van der Waals surface area contributed by atoms with Crippen molar-refractivity contribution in [3.63, 3.8) is 0 Å². The lowest BCUT2D eigenvalue weighted by Gasteiger charge is -2.33. The van der Waals surface area contributed by atoms with Gasteiger partial charge < -0.3 is 9.84 Å². The molecule has 0 bridgehead atoms. The van der Waals surface area contributed by atoms with E-state index < -0.39 is 27.5 Å². The summed E-state index contributed by atoms with van der Waals surface area (Å²) in [6, 6.07) is 7.45. The number of aromatic nitrogens is 3. The summed E-state index contributed by atoms with van der Waals surface area (Å²) in [7, 11) is -1.77. The molecular weight excluding hydrogens is 492 g/mol. The average Bonchev–Trinajstić information content (AvgIpc) is 2.98. The highest BCUT2D eigenvalue weighted by Gasteiger charge is 2.39. The Morgan fingerprint density at radius 2 is 2.03 bits per heavy atom. The molecule has 1 atom stereocenters. The van der Waals surface area contributed by atoms with Gasteiger partial charge in [-0.25, -0.2) is 8.42 Å². The van der Waals surface area contributed by atoms with Crippen LogP contribution in [0.5, 0.6) is 0 Å². The van der Waals surface area contributed by atoms with E-state index in [0.29, 0.717) is 24.9 Å². The lowest BCUT2D eigenvalue weighted by atomic mass is 9.81. The molecule has 37 heavy (non-hydrogen) atoms. The highest BCUT2D eigenvalue weighted by Crippen LogP contribution is 2.39. The Morgan fingerprint density at radius 1 is 1.27 bits per heavy atom. The SMILES string of the molecule is CCn1cc(CO[C@H](c2ccc(C)c(CN3CCCc4ccncc4S3(=O)=O)c2)C(C)(C)C(=O)O)n1C. The molecule has 0 spiro atoms. The number of aliphatic carboxylic acids is 1. The Balaban J connectivity index is 1.65. The van der Waals surface area contributed by atoms with E-state index in [2.05, 4.69) is 11.9 Å². The molecule has 3 aromatic rings. The van der Waals surface area contributed by atoms with Gasteiger partial charge in [-0.15, -0.1) is 0 Å². The first-order valence-corrected chi connectivity index (χ1v) is 14.0. The summed E-state index contributed by atoms with van der Waals surface area (Å²) in [5.74, 6) is -0.968. The smallest absolute Gasteiger partial charge is 0.312 e. The molecule has 9 nitrogen and oxygen atoms in total. The summed E-state index contributed by atoms with van der Waals surface area (Å²) in [5, 5.41) is 10.0. The van der Waals surface area contributed by atoms with Gasteiger partial charge in [0.2, 0.25) is 10.0 Å². The molecule has 200 valence electrons. The van der Waals surface area contributed by atoms with Crippen molar-refractivity contribution in [1.82, 2.24) is 18.7 Å². The van der Waals surface area contributed by atoms with Gasteiger partial charge in [-0.2, -0.15) is 4.31 Å². The van der Waals surface area contributed by atoms with E-state index in [0.717, 1.165) is 28.9 Å². The molecule has 1 N–H and O–H groups in total. The zero-order valence-corrected chi connectivity index (χ0v) is 23.0. The fourth-order valence-corrected chi connectivity index (χ4v) is 6.47. The Bertz CT molecular complexity index is 1390. The highest BCUT2D eigenvalue weighted by atomic mass is 32.2. The van der Waals surface area contributed by atoms with Crippen molar-refractivity contribution in [3.8, 4) is 0 Å². The zero-order chi connectivity index (χ0) is 27.0. The normalized spacial score (nSPS) is 16.8. The van der Waals surface area contributed by atoms with E-state index in [-0.39, 0.29) is 18.0 Å². The van der Waals surface area contributed by atoms with E-state index in [9.17, 15) is 18.3 Å². The number of sulfonamides is 1. The number of hydrogen-bond acceptors (Lipinski definition) is 5. The van der Waals surface area contributed by atoms with Crippen molar-refractivity contribution in [1.29, 1.82) is 0 Å². The first-order valence-electron chi connectivity index (χ1n) is 12.5. The first-order chi connectivity index (χ1) is 17.5. The van der Waals surface area contributed by atoms with Crippen LogP contribution in [0.3, 0.4) is 0 Å². The van der Waals surface area contributed by atoms with Crippen molar-refractivity contribution < 1.29 is 23.1 Å². The van der Waals surface area contributed by atoms with Gasteiger partial charge in [0.15, 0.2) is 0 Å². The maximum Gasteiger partial charge on any atom is 0.312 e. The predicted molar refractivity (Wildman–Crippen MR) is 139 cm³/mol. The molecule has 10 heteroatoms.